The number of sulfonamides is 1. The van der Waals surface area contributed by atoms with E-state index < -0.39 is 32.9 Å². The maximum atomic E-state index is 15.3. The van der Waals surface area contributed by atoms with Gasteiger partial charge in [-0.2, -0.15) is 9.40 Å². The van der Waals surface area contributed by atoms with E-state index in [1.165, 1.54) is 20.5 Å². The van der Waals surface area contributed by atoms with Crippen molar-refractivity contribution in [1.29, 1.82) is 0 Å². The predicted octanol–water partition coefficient (Wildman–Crippen LogP) is 2.32. The number of methoxy groups -OCH3 is 2. The minimum atomic E-state index is -3.56. The largest absolute Gasteiger partial charge is 0.353 e. The minimum absolute atomic E-state index is 0.0353. The second-order valence-corrected chi connectivity index (χ2v) is 9.59. The van der Waals surface area contributed by atoms with Gasteiger partial charge in [-0.05, 0) is 18.6 Å². The third kappa shape index (κ3) is 3.98. The zero-order chi connectivity index (χ0) is 22.2. The molecule has 1 aromatic carbocycles. The van der Waals surface area contributed by atoms with Crippen LogP contribution in [0.4, 0.5) is 8.78 Å². The van der Waals surface area contributed by atoms with E-state index in [0.717, 1.165) is 22.7 Å². The number of aromatic amines is 1. The van der Waals surface area contributed by atoms with Crippen LogP contribution in [0.2, 0.25) is 0 Å². The van der Waals surface area contributed by atoms with Crippen LogP contribution in [0, 0.1) is 11.6 Å². The lowest BCUT2D eigenvalue weighted by Gasteiger charge is -2.53. The van der Waals surface area contributed by atoms with Crippen molar-refractivity contribution in [3.63, 3.8) is 0 Å². The van der Waals surface area contributed by atoms with Crippen LogP contribution in [-0.2, 0) is 31.5 Å². The van der Waals surface area contributed by atoms with E-state index >= 15 is 8.78 Å². The number of rotatable bonds is 9. The molecular weight excluding hydrogens is 418 g/mol. The molecule has 30 heavy (non-hydrogen) atoms. The first kappa shape index (κ1) is 22.7. The molecule has 2 aromatic rings. The molecule has 0 saturated heterocycles. The lowest BCUT2D eigenvalue weighted by Crippen LogP contribution is -2.58. The molecule has 0 atom stereocenters. The van der Waals surface area contributed by atoms with Crippen LogP contribution >= 0.6 is 0 Å². The van der Waals surface area contributed by atoms with Gasteiger partial charge < -0.3 is 9.47 Å². The smallest absolute Gasteiger partial charge is 0.211 e. The summed E-state index contributed by atoms with van der Waals surface area (Å²) in [5, 5.41) is 6.59. The molecule has 1 aliphatic carbocycles. The molecule has 0 bridgehead atoms. The topological polar surface area (TPSA) is 97.4 Å². The molecule has 0 amide bonds. The molecule has 1 heterocycles. The molecule has 0 radical (unpaired) electrons. The second kappa shape index (κ2) is 8.29. The Hall–Kier alpha value is -1.95. The number of ether oxygens (including phenoxy) is 2. The first-order chi connectivity index (χ1) is 14.1. The molecule has 1 fully saturated rings. The molecular formula is C19H26F2N4O4S. The van der Waals surface area contributed by atoms with Gasteiger partial charge in [-0.3, -0.25) is 5.10 Å². The Morgan fingerprint density at radius 3 is 2.37 bits per heavy atom. The van der Waals surface area contributed by atoms with Crippen molar-refractivity contribution in [3.8, 4) is 0 Å². The van der Waals surface area contributed by atoms with Gasteiger partial charge in [-0.15, -0.1) is 0 Å². The summed E-state index contributed by atoms with van der Waals surface area (Å²) in [4.78, 5) is 4.16. The highest BCUT2D eigenvalue weighted by molar-refractivity contribution is 7.88. The number of halogens is 2. The summed E-state index contributed by atoms with van der Waals surface area (Å²) < 4.78 is 66.2. The molecule has 0 spiro atoms. The molecule has 1 N–H and O–H groups in total. The summed E-state index contributed by atoms with van der Waals surface area (Å²) in [6, 6.07) is 2.16. The van der Waals surface area contributed by atoms with Gasteiger partial charge in [0.25, 0.3) is 0 Å². The highest BCUT2D eigenvalue weighted by Gasteiger charge is 2.60. The zero-order valence-corrected chi connectivity index (χ0v) is 18.2. The molecule has 0 unspecified atom stereocenters. The van der Waals surface area contributed by atoms with E-state index in [2.05, 4.69) is 15.2 Å². The molecule has 8 nitrogen and oxygen atoms in total. The fourth-order valence-electron chi connectivity index (χ4n) is 4.04. The summed E-state index contributed by atoms with van der Waals surface area (Å²) in [6.45, 7) is 1.78. The predicted molar refractivity (Wildman–Crippen MR) is 105 cm³/mol. The number of benzene rings is 1. The van der Waals surface area contributed by atoms with Gasteiger partial charge in [0, 0.05) is 51.3 Å². The Balaban J connectivity index is 2.01. The summed E-state index contributed by atoms with van der Waals surface area (Å²) in [5.41, 5.74) is -0.954. The van der Waals surface area contributed by atoms with Crippen LogP contribution < -0.4 is 0 Å². The molecule has 0 aliphatic heterocycles. The van der Waals surface area contributed by atoms with E-state index in [1.54, 1.807) is 0 Å². The quantitative estimate of drug-likeness (QED) is 0.596. The SMILES string of the molecule is CCCN(Cc1cc(F)c(C2(c3ncn[nH]3)CC(OC)(OC)C2)cc1F)S(C)(=O)=O. The molecule has 1 aromatic heterocycles. The monoisotopic (exact) mass is 444 g/mol. The standard InChI is InChI=1S/C19H26F2N4O4S/c1-5-6-25(30(4,26)27)9-13-7-16(21)14(8-15(13)20)18(17-22-12-23-24-17)10-19(11-18,28-2)29-3/h7-8,12H,5-6,9-11H2,1-4H3,(H,22,23,24). The van der Waals surface area contributed by atoms with E-state index in [4.69, 9.17) is 9.47 Å². The first-order valence-electron chi connectivity index (χ1n) is 9.50. The highest BCUT2D eigenvalue weighted by atomic mass is 32.2. The Labute approximate surface area is 174 Å². The summed E-state index contributed by atoms with van der Waals surface area (Å²) in [5.74, 6) is -1.92. The number of hydrogen-bond donors (Lipinski definition) is 1. The van der Waals surface area contributed by atoms with Crippen LogP contribution in [0.1, 0.15) is 43.1 Å². The van der Waals surface area contributed by atoms with Crippen molar-refractivity contribution in [1.82, 2.24) is 19.5 Å². The average Bonchev–Trinajstić information content (AvgIpc) is 3.19. The van der Waals surface area contributed by atoms with Crippen LogP contribution in [0.3, 0.4) is 0 Å². The van der Waals surface area contributed by atoms with Gasteiger partial charge in [0.05, 0.1) is 11.7 Å². The van der Waals surface area contributed by atoms with Crippen LogP contribution in [-0.4, -0.2) is 60.7 Å². The van der Waals surface area contributed by atoms with Gasteiger partial charge in [0.15, 0.2) is 5.79 Å². The molecule has 11 heteroatoms. The summed E-state index contributed by atoms with van der Waals surface area (Å²) in [7, 11) is -0.582. The molecule has 166 valence electrons. The number of hydrogen-bond acceptors (Lipinski definition) is 6. The zero-order valence-electron chi connectivity index (χ0n) is 17.4. The van der Waals surface area contributed by atoms with E-state index in [-0.39, 0.29) is 37.1 Å². The van der Waals surface area contributed by atoms with Crippen molar-refractivity contribution in [2.24, 2.45) is 0 Å². The van der Waals surface area contributed by atoms with Gasteiger partial charge >= 0.3 is 0 Å². The van der Waals surface area contributed by atoms with Gasteiger partial charge in [-0.1, -0.05) is 6.92 Å². The van der Waals surface area contributed by atoms with Crippen molar-refractivity contribution in [2.45, 2.75) is 43.9 Å². The highest BCUT2D eigenvalue weighted by Crippen LogP contribution is 2.56. The Kier molecular flexibility index (Phi) is 6.28. The Morgan fingerprint density at radius 2 is 1.87 bits per heavy atom. The van der Waals surface area contributed by atoms with E-state index in [1.807, 2.05) is 6.92 Å². The van der Waals surface area contributed by atoms with E-state index in [9.17, 15) is 8.42 Å². The number of nitrogens with one attached hydrogen (secondary N) is 1. The molecule has 3 rings (SSSR count). The van der Waals surface area contributed by atoms with Crippen molar-refractivity contribution >= 4 is 10.0 Å². The second-order valence-electron chi connectivity index (χ2n) is 7.61. The number of aromatic nitrogens is 3. The normalized spacial score (nSPS) is 17.8. The third-order valence-corrected chi connectivity index (χ3v) is 6.94. The fraction of sp³-hybridized carbons (Fsp3) is 0.579. The minimum Gasteiger partial charge on any atom is -0.353 e. The summed E-state index contributed by atoms with van der Waals surface area (Å²) in [6.07, 6.45) is 3.33. The van der Waals surface area contributed by atoms with Crippen LogP contribution in [0.5, 0.6) is 0 Å². The summed E-state index contributed by atoms with van der Waals surface area (Å²) >= 11 is 0. The van der Waals surface area contributed by atoms with Gasteiger partial charge in [-0.25, -0.2) is 22.2 Å². The maximum absolute atomic E-state index is 15.3. The lowest BCUT2D eigenvalue weighted by molar-refractivity contribution is -0.273. The van der Waals surface area contributed by atoms with Gasteiger partial charge in [0.2, 0.25) is 10.0 Å². The van der Waals surface area contributed by atoms with Crippen LogP contribution in [0.15, 0.2) is 18.5 Å². The molecule has 1 aliphatic rings. The Morgan fingerprint density at radius 1 is 1.20 bits per heavy atom. The van der Waals surface area contributed by atoms with Crippen molar-refractivity contribution in [3.05, 3.63) is 47.0 Å². The lowest BCUT2D eigenvalue weighted by atomic mass is 9.59. The van der Waals surface area contributed by atoms with E-state index in [0.29, 0.717) is 12.2 Å². The third-order valence-electron chi connectivity index (χ3n) is 5.69. The Bertz CT molecular complexity index is 986. The first-order valence-corrected chi connectivity index (χ1v) is 11.4. The number of H-pyrrole nitrogens is 1. The van der Waals surface area contributed by atoms with Crippen molar-refractivity contribution < 1.29 is 26.7 Å². The number of nitrogens with zero attached hydrogens (tertiary/aromatic N) is 3. The van der Waals surface area contributed by atoms with Crippen LogP contribution in [0.25, 0.3) is 0 Å². The molecule has 1 saturated carbocycles. The van der Waals surface area contributed by atoms with Crippen molar-refractivity contribution in [2.75, 3.05) is 27.0 Å². The maximum Gasteiger partial charge on any atom is 0.211 e. The fourth-order valence-corrected chi connectivity index (χ4v) is 4.93. The van der Waals surface area contributed by atoms with Gasteiger partial charge in [0.1, 0.15) is 23.8 Å². The average molecular weight is 445 g/mol.